The van der Waals surface area contributed by atoms with Crippen molar-refractivity contribution in [1.29, 1.82) is 0 Å². The molecule has 2 aromatic rings. The summed E-state index contributed by atoms with van der Waals surface area (Å²) in [7, 11) is 0. The molecule has 1 saturated heterocycles. The minimum atomic E-state index is -0.239. The molecule has 23 heavy (non-hydrogen) atoms. The van der Waals surface area contributed by atoms with E-state index < -0.39 is 0 Å². The summed E-state index contributed by atoms with van der Waals surface area (Å²) in [5.41, 5.74) is 2.92. The first-order valence-electron chi connectivity index (χ1n) is 7.72. The van der Waals surface area contributed by atoms with Crippen molar-refractivity contribution in [3.63, 3.8) is 0 Å². The Morgan fingerprint density at radius 1 is 1.22 bits per heavy atom. The molecule has 0 spiro atoms. The van der Waals surface area contributed by atoms with Crippen molar-refractivity contribution >= 4 is 11.6 Å². The molecule has 0 aliphatic carbocycles. The van der Waals surface area contributed by atoms with E-state index in [4.69, 9.17) is 21.1 Å². The highest BCUT2D eigenvalue weighted by Gasteiger charge is 2.30. The van der Waals surface area contributed by atoms with Gasteiger partial charge in [-0.1, -0.05) is 23.7 Å². The van der Waals surface area contributed by atoms with Crippen LogP contribution in [0.1, 0.15) is 29.2 Å². The van der Waals surface area contributed by atoms with E-state index in [1.807, 2.05) is 12.1 Å². The number of ether oxygens (including phenoxy) is 2. The fourth-order valence-corrected chi connectivity index (χ4v) is 3.41. The molecule has 2 aromatic carbocycles. The van der Waals surface area contributed by atoms with Crippen LogP contribution in [0.3, 0.4) is 0 Å². The van der Waals surface area contributed by atoms with Crippen LogP contribution in [0.5, 0.6) is 5.75 Å². The molecule has 1 atom stereocenters. The van der Waals surface area contributed by atoms with Crippen molar-refractivity contribution in [1.82, 2.24) is 4.90 Å². The molecule has 0 aromatic heterocycles. The van der Waals surface area contributed by atoms with Gasteiger partial charge in [-0.15, -0.1) is 0 Å². The number of fused-ring (bicyclic) bond motifs is 1. The van der Waals surface area contributed by atoms with Crippen LogP contribution in [-0.4, -0.2) is 18.2 Å². The second-order valence-electron chi connectivity index (χ2n) is 5.99. The van der Waals surface area contributed by atoms with Gasteiger partial charge in [-0.25, -0.2) is 4.39 Å². The van der Waals surface area contributed by atoms with Gasteiger partial charge in [0.05, 0.1) is 6.61 Å². The van der Waals surface area contributed by atoms with Crippen LogP contribution >= 0.6 is 11.6 Å². The Labute approximate surface area is 139 Å². The molecule has 0 saturated carbocycles. The molecule has 0 radical (unpaired) electrons. The second-order valence-corrected chi connectivity index (χ2v) is 6.43. The second kappa shape index (κ2) is 6.11. The molecular weight excluding hydrogens is 317 g/mol. The molecule has 0 bridgehead atoms. The van der Waals surface area contributed by atoms with Crippen molar-refractivity contribution in [3.05, 3.63) is 63.9 Å². The summed E-state index contributed by atoms with van der Waals surface area (Å²) in [6.45, 7) is 2.30. The predicted molar refractivity (Wildman–Crippen MR) is 85.9 cm³/mol. The molecule has 2 aliphatic heterocycles. The summed E-state index contributed by atoms with van der Waals surface area (Å²) in [4.78, 5) is 2.33. The number of rotatable bonds is 3. The van der Waals surface area contributed by atoms with Crippen molar-refractivity contribution < 1.29 is 13.9 Å². The molecule has 4 rings (SSSR count). The van der Waals surface area contributed by atoms with Crippen molar-refractivity contribution in [2.24, 2.45) is 0 Å². The highest BCUT2D eigenvalue weighted by molar-refractivity contribution is 6.30. The third kappa shape index (κ3) is 2.94. The lowest BCUT2D eigenvalue weighted by atomic mass is 9.93. The molecule has 0 amide bonds. The number of hydrogen-bond donors (Lipinski definition) is 0. The van der Waals surface area contributed by atoms with Gasteiger partial charge in [0.25, 0.3) is 0 Å². The zero-order valence-electron chi connectivity index (χ0n) is 12.6. The molecule has 120 valence electrons. The molecule has 0 N–H and O–H groups in total. The fraction of sp³-hybridized carbons (Fsp3) is 0.333. The van der Waals surface area contributed by atoms with E-state index in [1.54, 1.807) is 6.07 Å². The highest BCUT2D eigenvalue weighted by atomic mass is 35.5. The summed E-state index contributed by atoms with van der Waals surface area (Å²) in [6, 6.07) is 11.4. The lowest BCUT2D eigenvalue weighted by Crippen LogP contribution is -2.40. The highest BCUT2D eigenvalue weighted by Crippen LogP contribution is 2.38. The molecule has 5 heteroatoms. The minimum Gasteiger partial charge on any atom is -0.467 e. The number of halogens is 2. The maximum absolute atomic E-state index is 13.8. The van der Waals surface area contributed by atoms with Crippen molar-refractivity contribution in [3.8, 4) is 5.75 Å². The van der Waals surface area contributed by atoms with Crippen molar-refractivity contribution in [2.45, 2.75) is 25.6 Å². The van der Waals surface area contributed by atoms with Crippen LogP contribution in [0.15, 0.2) is 36.4 Å². The molecule has 2 aliphatic rings. The van der Waals surface area contributed by atoms with Crippen molar-refractivity contribution in [2.75, 3.05) is 13.3 Å². The van der Waals surface area contributed by atoms with Gasteiger partial charge in [0.15, 0.2) is 6.79 Å². The Balaban J connectivity index is 1.56. The smallest absolute Gasteiger partial charge is 0.189 e. The normalized spacial score (nSPS) is 20.5. The lowest BCUT2D eigenvalue weighted by molar-refractivity contribution is -0.0185. The van der Waals surface area contributed by atoms with E-state index in [0.29, 0.717) is 19.2 Å². The van der Waals surface area contributed by atoms with E-state index in [-0.39, 0.29) is 12.6 Å². The van der Waals surface area contributed by atoms with Crippen LogP contribution < -0.4 is 4.74 Å². The van der Waals surface area contributed by atoms with Gasteiger partial charge in [-0.05, 0) is 36.2 Å². The monoisotopic (exact) mass is 333 g/mol. The van der Waals surface area contributed by atoms with Crippen LogP contribution in [-0.2, 0) is 17.9 Å². The van der Waals surface area contributed by atoms with E-state index in [1.165, 1.54) is 11.6 Å². The molecule has 1 fully saturated rings. The lowest BCUT2D eigenvalue weighted by Gasteiger charge is -2.42. The van der Waals surface area contributed by atoms with Gasteiger partial charge >= 0.3 is 0 Å². The third-order valence-electron chi connectivity index (χ3n) is 4.51. The molecule has 3 nitrogen and oxygen atoms in total. The summed E-state index contributed by atoms with van der Waals surface area (Å²) in [5, 5.41) is 0.743. The first-order valence-corrected chi connectivity index (χ1v) is 8.10. The number of likely N-dealkylation sites (tertiary alicyclic amines) is 1. The number of benzene rings is 2. The Kier molecular flexibility index (Phi) is 3.97. The Hall–Kier alpha value is -1.62. The Morgan fingerprint density at radius 2 is 2.04 bits per heavy atom. The van der Waals surface area contributed by atoms with Gasteiger partial charge in [0.1, 0.15) is 11.6 Å². The van der Waals surface area contributed by atoms with E-state index in [9.17, 15) is 4.39 Å². The van der Waals surface area contributed by atoms with Crippen LogP contribution in [0.25, 0.3) is 0 Å². The predicted octanol–water partition coefficient (Wildman–Crippen LogP) is 4.29. The Morgan fingerprint density at radius 3 is 2.78 bits per heavy atom. The summed E-state index contributed by atoms with van der Waals surface area (Å²) < 4.78 is 24.7. The summed E-state index contributed by atoms with van der Waals surface area (Å²) >= 11 is 5.96. The maximum Gasteiger partial charge on any atom is 0.189 e. The molecular formula is C18H17ClFNO2. The molecule has 2 heterocycles. The first-order chi connectivity index (χ1) is 11.2. The van der Waals surface area contributed by atoms with E-state index >= 15 is 0 Å². The zero-order chi connectivity index (χ0) is 15.8. The Bertz CT molecular complexity index is 720. The standard InChI is InChI=1S/C18H17ClFNO2/c19-15-3-1-12(2-4-15)17-5-6-21(17)9-13-7-16(20)8-14-10-22-11-23-18(13)14/h1-4,7-8,17H,5-6,9-11H2. The number of hydrogen-bond acceptors (Lipinski definition) is 3. The average molecular weight is 334 g/mol. The van der Waals surface area contributed by atoms with E-state index in [0.717, 1.165) is 34.9 Å². The van der Waals surface area contributed by atoms with Crippen LogP contribution in [0, 0.1) is 5.82 Å². The van der Waals surface area contributed by atoms with Crippen LogP contribution in [0.4, 0.5) is 4.39 Å². The largest absolute Gasteiger partial charge is 0.467 e. The summed E-state index contributed by atoms with van der Waals surface area (Å²) in [6.07, 6.45) is 1.10. The first kappa shape index (κ1) is 14.9. The topological polar surface area (TPSA) is 21.7 Å². The molecule has 1 unspecified atom stereocenters. The fourth-order valence-electron chi connectivity index (χ4n) is 3.29. The zero-order valence-corrected chi connectivity index (χ0v) is 13.4. The number of nitrogens with zero attached hydrogens (tertiary/aromatic N) is 1. The minimum absolute atomic E-state index is 0.228. The SMILES string of the molecule is Fc1cc2c(c(CN3CCC3c3ccc(Cl)cc3)c1)OCOC2. The third-order valence-corrected chi connectivity index (χ3v) is 4.76. The van der Waals surface area contributed by atoms with Gasteiger partial charge in [-0.3, -0.25) is 4.90 Å². The van der Waals surface area contributed by atoms with Crippen LogP contribution in [0.2, 0.25) is 5.02 Å². The van der Waals surface area contributed by atoms with Gasteiger partial charge in [0.2, 0.25) is 0 Å². The summed E-state index contributed by atoms with van der Waals surface area (Å²) in [5.74, 6) is 0.538. The maximum atomic E-state index is 13.8. The average Bonchev–Trinajstić information content (AvgIpc) is 2.53. The quantitative estimate of drug-likeness (QED) is 0.836. The van der Waals surface area contributed by atoms with Gasteiger partial charge in [0, 0.05) is 35.3 Å². The van der Waals surface area contributed by atoms with Gasteiger partial charge < -0.3 is 9.47 Å². The van der Waals surface area contributed by atoms with E-state index in [2.05, 4.69) is 17.0 Å². The van der Waals surface area contributed by atoms with Gasteiger partial charge in [-0.2, -0.15) is 0 Å².